The third-order valence-corrected chi connectivity index (χ3v) is 2.94. The molecule has 0 amide bonds. The van der Waals surface area contributed by atoms with Crippen LogP contribution in [-0.2, 0) is 0 Å². The van der Waals surface area contributed by atoms with Crippen molar-refractivity contribution in [3.8, 4) is 0 Å². The molecular weight excluding hydrogens is 200 g/mol. The first kappa shape index (κ1) is 13.3. The molecule has 1 heterocycles. The minimum atomic E-state index is 0.929. The Balaban J connectivity index is 2.08. The maximum atomic E-state index is 4.18. The Hall–Kier alpha value is -0.770. The summed E-state index contributed by atoms with van der Waals surface area (Å²) in [7, 11) is 1.83. The molecule has 1 aliphatic rings. The first-order chi connectivity index (χ1) is 7.86. The molecule has 1 saturated heterocycles. The molecule has 1 aliphatic heterocycles. The summed E-state index contributed by atoms with van der Waals surface area (Å²) in [5, 5.41) is 6.63. The van der Waals surface area contributed by atoms with Crippen LogP contribution < -0.4 is 10.6 Å². The van der Waals surface area contributed by atoms with Crippen molar-refractivity contribution in [3.63, 3.8) is 0 Å². The maximum absolute atomic E-state index is 4.18. The van der Waals surface area contributed by atoms with E-state index >= 15 is 0 Å². The molecule has 4 heteroatoms. The lowest BCUT2D eigenvalue weighted by atomic mass is 10.1. The largest absolute Gasteiger partial charge is 0.356 e. The van der Waals surface area contributed by atoms with E-state index in [2.05, 4.69) is 27.4 Å². The summed E-state index contributed by atoms with van der Waals surface area (Å²) >= 11 is 0. The summed E-state index contributed by atoms with van der Waals surface area (Å²) in [6, 6.07) is 0. The van der Waals surface area contributed by atoms with Crippen molar-refractivity contribution in [3.05, 3.63) is 0 Å². The van der Waals surface area contributed by atoms with E-state index in [1.54, 1.807) is 0 Å². The molecule has 2 N–H and O–H groups in total. The van der Waals surface area contributed by atoms with Gasteiger partial charge < -0.3 is 15.5 Å². The molecule has 0 atom stereocenters. The van der Waals surface area contributed by atoms with Gasteiger partial charge in [0.05, 0.1) is 0 Å². The van der Waals surface area contributed by atoms with Crippen LogP contribution in [0.3, 0.4) is 0 Å². The van der Waals surface area contributed by atoms with Crippen molar-refractivity contribution < 1.29 is 0 Å². The zero-order valence-corrected chi connectivity index (χ0v) is 10.8. The van der Waals surface area contributed by atoms with Crippen LogP contribution >= 0.6 is 0 Å². The van der Waals surface area contributed by atoms with Gasteiger partial charge in [0.25, 0.3) is 0 Å². The van der Waals surface area contributed by atoms with Crippen molar-refractivity contribution in [2.45, 2.75) is 32.6 Å². The van der Waals surface area contributed by atoms with E-state index < -0.39 is 0 Å². The van der Waals surface area contributed by atoms with Crippen LogP contribution in [0.25, 0.3) is 0 Å². The third kappa shape index (κ3) is 5.35. The molecule has 1 rings (SSSR count). The minimum Gasteiger partial charge on any atom is -0.356 e. The first-order valence-electron chi connectivity index (χ1n) is 6.53. The lowest BCUT2D eigenvalue weighted by molar-refractivity contribution is 0.232. The molecule has 16 heavy (non-hydrogen) atoms. The second kappa shape index (κ2) is 8.39. The Morgan fingerprint density at radius 1 is 1.12 bits per heavy atom. The highest BCUT2D eigenvalue weighted by Gasteiger charge is 2.08. The molecule has 0 aromatic carbocycles. The lowest BCUT2D eigenvalue weighted by Crippen LogP contribution is -2.42. The highest BCUT2D eigenvalue weighted by Crippen LogP contribution is 2.07. The highest BCUT2D eigenvalue weighted by atomic mass is 15.2. The summed E-state index contributed by atoms with van der Waals surface area (Å²) in [4.78, 5) is 6.72. The molecule has 94 valence electrons. The number of piperidine rings is 1. The number of hydrogen-bond acceptors (Lipinski definition) is 2. The maximum Gasteiger partial charge on any atom is 0.191 e. The van der Waals surface area contributed by atoms with Gasteiger partial charge in [-0.3, -0.25) is 4.99 Å². The fourth-order valence-electron chi connectivity index (χ4n) is 1.98. The van der Waals surface area contributed by atoms with Crippen LogP contribution in [0.5, 0.6) is 0 Å². The molecule has 0 aromatic rings. The van der Waals surface area contributed by atoms with Crippen LogP contribution in [0.1, 0.15) is 32.6 Å². The highest BCUT2D eigenvalue weighted by molar-refractivity contribution is 5.79. The van der Waals surface area contributed by atoms with Gasteiger partial charge in [-0.15, -0.1) is 0 Å². The second-order valence-electron chi connectivity index (χ2n) is 4.33. The van der Waals surface area contributed by atoms with Crippen molar-refractivity contribution in [1.82, 2.24) is 15.5 Å². The zero-order chi connectivity index (χ0) is 11.6. The molecule has 0 radical (unpaired) electrons. The van der Waals surface area contributed by atoms with Crippen LogP contribution in [0, 0.1) is 0 Å². The number of nitrogens with zero attached hydrogens (tertiary/aromatic N) is 2. The predicted octanol–water partition coefficient (Wildman–Crippen LogP) is 1.05. The minimum absolute atomic E-state index is 0.929. The number of hydrogen-bond donors (Lipinski definition) is 2. The SMILES string of the molecule is CCCNC(=NC)NCCN1CCCCC1. The van der Waals surface area contributed by atoms with E-state index in [4.69, 9.17) is 0 Å². The van der Waals surface area contributed by atoms with E-state index in [-0.39, 0.29) is 0 Å². The Morgan fingerprint density at radius 2 is 1.81 bits per heavy atom. The second-order valence-corrected chi connectivity index (χ2v) is 4.33. The molecule has 0 aromatic heterocycles. The van der Waals surface area contributed by atoms with Gasteiger partial charge in [-0.05, 0) is 32.4 Å². The van der Waals surface area contributed by atoms with Crippen LogP contribution in [0.2, 0.25) is 0 Å². The van der Waals surface area contributed by atoms with Crippen LogP contribution in [-0.4, -0.2) is 50.6 Å². The van der Waals surface area contributed by atoms with Gasteiger partial charge in [0.2, 0.25) is 0 Å². The quantitative estimate of drug-likeness (QED) is 0.544. The Labute approximate surface area is 99.5 Å². The average molecular weight is 226 g/mol. The summed E-state index contributed by atoms with van der Waals surface area (Å²) in [5.74, 6) is 0.929. The van der Waals surface area contributed by atoms with Crippen molar-refractivity contribution in [2.75, 3.05) is 39.8 Å². The van der Waals surface area contributed by atoms with E-state index in [1.807, 2.05) is 7.05 Å². The van der Waals surface area contributed by atoms with Gasteiger partial charge in [-0.25, -0.2) is 0 Å². The van der Waals surface area contributed by atoms with Crippen molar-refractivity contribution in [1.29, 1.82) is 0 Å². The molecule has 0 bridgehead atoms. The molecule has 0 saturated carbocycles. The fraction of sp³-hybridized carbons (Fsp3) is 0.917. The van der Waals surface area contributed by atoms with Gasteiger partial charge in [0.15, 0.2) is 5.96 Å². The molecule has 0 unspecified atom stereocenters. The topological polar surface area (TPSA) is 39.7 Å². The zero-order valence-electron chi connectivity index (χ0n) is 10.8. The summed E-state index contributed by atoms with van der Waals surface area (Å²) in [5.41, 5.74) is 0. The van der Waals surface area contributed by atoms with E-state index in [0.29, 0.717) is 0 Å². The third-order valence-electron chi connectivity index (χ3n) is 2.94. The van der Waals surface area contributed by atoms with Gasteiger partial charge in [0, 0.05) is 26.7 Å². The fourth-order valence-corrected chi connectivity index (χ4v) is 1.98. The summed E-state index contributed by atoms with van der Waals surface area (Å²) in [6.07, 6.45) is 5.27. The van der Waals surface area contributed by atoms with Gasteiger partial charge in [-0.1, -0.05) is 13.3 Å². The molecular formula is C12H26N4. The molecule has 1 fully saturated rings. The van der Waals surface area contributed by atoms with E-state index in [0.717, 1.165) is 32.0 Å². The van der Waals surface area contributed by atoms with Gasteiger partial charge in [-0.2, -0.15) is 0 Å². The van der Waals surface area contributed by atoms with E-state index in [9.17, 15) is 0 Å². The number of likely N-dealkylation sites (tertiary alicyclic amines) is 1. The smallest absolute Gasteiger partial charge is 0.191 e. The van der Waals surface area contributed by atoms with Gasteiger partial charge in [0.1, 0.15) is 0 Å². The van der Waals surface area contributed by atoms with Crippen molar-refractivity contribution in [2.24, 2.45) is 4.99 Å². The Kier molecular flexibility index (Phi) is 6.97. The summed E-state index contributed by atoms with van der Waals surface area (Å²) in [6.45, 7) is 7.80. The molecule has 0 aliphatic carbocycles. The molecule has 0 spiro atoms. The van der Waals surface area contributed by atoms with Gasteiger partial charge >= 0.3 is 0 Å². The first-order valence-corrected chi connectivity index (χ1v) is 6.53. The van der Waals surface area contributed by atoms with Crippen LogP contribution in [0.15, 0.2) is 4.99 Å². The number of rotatable bonds is 5. The van der Waals surface area contributed by atoms with Crippen molar-refractivity contribution >= 4 is 5.96 Å². The number of guanidine groups is 1. The number of aliphatic imine (C=N–C) groups is 1. The monoisotopic (exact) mass is 226 g/mol. The Bertz CT molecular complexity index is 197. The van der Waals surface area contributed by atoms with E-state index in [1.165, 1.54) is 32.4 Å². The standard InChI is InChI=1S/C12H26N4/c1-3-7-14-12(13-2)15-8-11-16-9-5-4-6-10-16/h3-11H2,1-2H3,(H2,13,14,15). The molecule has 4 nitrogen and oxygen atoms in total. The summed E-state index contributed by atoms with van der Waals surface area (Å²) < 4.78 is 0. The normalized spacial score (nSPS) is 18.5. The predicted molar refractivity (Wildman–Crippen MR) is 69.9 cm³/mol. The lowest BCUT2D eigenvalue weighted by Gasteiger charge is -2.26. The average Bonchev–Trinajstić information content (AvgIpc) is 2.35. The van der Waals surface area contributed by atoms with Crippen LogP contribution in [0.4, 0.5) is 0 Å². The Morgan fingerprint density at radius 3 is 2.44 bits per heavy atom. The number of nitrogens with one attached hydrogen (secondary N) is 2.